The zero-order chi connectivity index (χ0) is 8.77. The SMILES string of the molecule is C[C@H]1CCC[C@]2(C)[C@@H](C)CC[C@@H]12. The molecule has 0 aliphatic heterocycles. The lowest BCUT2D eigenvalue weighted by atomic mass is 9.62. The van der Waals surface area contributed by atoms with Crippen LogP contribution in [-0.2, 0) is 0 Å². The van der Waals surface area contributed by atoms with E-state index in [4.69, 9.17) is 0 Å². The van der Waals surface area contributed by atoms with Crippen LogP contribution in [0.25, 0.3) is 0 Å². The van der Waals surface area contributed by atoms with Crippen molar-refractivity contribution < 1.29 is 0 Å². The van der Waals surface area contributed by atoms with Crippen molar-refractivity contribution in [3.05, 3.63) is 0 Å². The first-order valence-corrected chi connectivity index (χ1v) is 5.64. The van der Waals surface area contributed by atoms with Gasteiger partial charge >= 0.3 is 0 Å². The summed E-state index contributed by atoms with van der Waals surface area (Å²) in [5, 5.41) is 0. The lowest BCUT2D eigenvalue weighted by Crippen LogP contribution is -2.34. The van der Waals surface area contributed by atoms with Crippen LogP contribution in [0.1, 0.15) is 52.9 Å². The molecule has 0 unspecified atom stereocenters. The molecule has 2 aliphatic carbocycles. The maximum Gasteiger partial charge on any atom is -0.0269 e. The van der Waals surface area contributed by atoms with Gasteiger partial charge in [-0.15, -0.1) is 0 Å². The Balaban J connectivity index is 2.20. The van der Waals surface area contributed by atoms with Gasteiger partial charge in [0.2, 0.25) is 0 Å². The van der Waals surface area contributed by atoms with E-state index in [0.717, 1.165) is 23.2 Å². The molecule has 0 spiro atoms. The zero-order valence-corrected chi connectivity index (χ0v) is 8.77. The standard InChI is InChI=1S/C12H22/c1-9-5-4-8-12(3)10(2)6-7-11(9)12/h9-11H,4-8H2,1-3H3/t9-,10-,11-,12+/m0/s1. The highest BCUT2D eigenvalue weighted by Crippen LogP contribution is 2.56. The molecular weight excluding hydrogens is 144 g/mol. The average molecular weight is 166 g/mol. The summed E-state index contributed by atoms with van der Waals surface area (Å²) >= 11 is 0. The van der Waals surface area contributed by atoms with E-state index in [2.05, 4.69) is 20.8 Å². The zero-order valence-electron chi connectivity index (χ0n) is 8.77. The van der Waals surface area contributed by atoms with E-state index in [9.17, 15) is 0 Å². The Morgan fingerprint density at radius 3 is 2.50 bits per heavy atom. The van der Waals surface area contributed by atoms with Crippen LogP contribution in [0, 0.1) is 23.2 Å². The van der Waals surface area contributed by atoms with E-state index in [0.29, 0.717) is 0 Å². The third kappa shape index (κ3) is 1.03. The third-order valence-corrected chi connectivity index (χ3v) is 4.95. The Morgan fingerprint density at radius 2 is 1.83 bits per heavy atom. The first-order valence-electron chi connectivity index (χ1n) is 5.64. The van der Waals surface area contributed by atoms with Crippen LogP contribution in [0.15, 0.2) is 0 Å². The molecule has 4 atom stereocenters. The molecule has 0 aromatic rings. The molecule has 2 saturated carbocycles. The second-order valence-corrected chi connectivity index (χ2v) is 5.46. The summed E-state index contributed by atoms with van der Waals surface area (Å²) in [6.07, 6.45) is 7.49. The first-order chi connectivity index (χ1) is 5.64. The fourth-order valence-electron chi connectivity index (χ4n) is 3.83. The van der Waals surface area contributed by atoms with E-state index in [1.807, 2.05) is 0 Å². The van der Waals surface area contributed by atoms with Gasteiger partial charge < -0.3 is 0 Å². The van der Waals surface area contributed by atoms with E-state index in [-0.39, 0.29) is 0 Å². The summed E-state index contributed by atoms with van der Waals surface area (Å²) in [5.74, 6) is 3.06. The summed E-state index contributed by atoms with van der Waals surface area (Å²) in [4.78, 5) is 0. The molecule has 0 N–H and O–H groups in total. The van der Waals surface area contributed by atoms with Gasteiger partial charge in [0.25, 0.3) is 0 Å². The Bertz CT molecular complexity index is 173. The molecule has 0 aromatic carbocycles. The van der Waals surface area contributed by atoms with Crippen LogP contribution in [0.3, 0.4) is 0 Å². The van der Waals surface area contributed by atoms with Gasteiger partial charge in [-0.3, -0.25) is 0 Å². The van der Waals surface area contributed by atoms with Crippen LogP contribution in [0.2, 0.25) is 0 Å². The highest BCUT2D eigenvalue weighted by molar-refractivity contribution is 4.97. The van der Waals surface area contributed by atoms with Gasteiger partial charge in [0.1, 0.15) is 0 Å². The van der Waals surface area contributed by atoms with E-state index in [1.165, 1.54) is 32.1 Å². The normalized spacial score (nSPS) is 53.8. The predicted molar refractivity (Wildman–Crippen MR) is 53.0 cm³/mol. The van der Waals surface area contributed by atoms with Crippen molar-refractivity contribution in [1.29, 1.82) is 0 Å². The monoisotopic (exact) mass is 166 g/mol. The molecule has 0 heteroatoms. The van der Waals surface area contributed by atoms with E-state index in [1.54, 1.807) is 0 Å². The molecule has 0 amide bonds. The van der Waals surface area contributed by atoms with Crippen molar-refractivity contribution in [2.45, 2.75) is 52.9 Å². The van der Waals surface area contributed by atoms with Gasteiger partial charge in [0, 0.05) is 0 Å². The van der Waals surface area contributed by atoms with Crippen molar-refractivity contribution in [2.24, 2.45) is 23.2 Å². The van der Waals surface area contributed by atoms with Crippen molar-refractivity contribution in [1.82, 2.24) is 0 Å². The van der Waals surface area contributed by atoms with Crippen LogP contribution in [0.5, 0.6) is 0 Å². The lowest BCUT2D eigenvalue weighted by molar-refractivity contribution is 0.0658. The molecule has 0 heterocycles. The van der Waals surface area contributed by atoms with Crippen molar-refractivity contribution in [3.8, 4) is 0 Å². The molecule has 0 bridgehead atoms. The molecule has 2 aliphatic rings. The van der Waals surface area contributed by atoms with Gasteiger partial charge in [-0.2, -0.15) is 0 Å². The topological polar surface area (TPSA) is 0 Å². The van der Waals surface area contributed by atoms with Crippen LogP contribution >= 0.6 is 0 Å². The van der Waals surface area contributed by atoms with E-state index < -0.39 is 0 Å². The molecule has 2 fully saturated rings. The van der Waals surface area contributed by atoms with Gasteiger partial charge in [-0.1, -0.05) is 33.6 Å². The quantitative estimate of drug-likeness (QED) is 0.512. The molecule has 0 nitrogen and oxygen atoms in total. The first kappa shape index (κ1) is 8.59. The van der Waals surface area contributed by atoms with Crippen molar-refractivity contribution in [3.63, 3.8) is 0 Å². The maximum absolute atomic E-state index is 2.55. The lowest BCUT2D eigenvalue weighted by Gasteiger charge is -2.43. The van der Waals surface area contributed by atoms with Crippen molar-refractivity contribution in [2.75, 3.05) is 0 Å². The van der Waals surface area contributed by atoms with Gasteiger partial charge in [-0.05, 0) is 42.4 Å². The molecular formula is C12H22. The molecule has 2 rings (SSSR count). The second-order valence-electron chi connectivity index (χ2n) is 5.46. The Hall–Kier alpha value is 0. The van der Waals surface area contributed by atoms with Crippen molar-refractivity contribution >= 4 is 0 Å². The van der Waals surface area contributed by atoms with Gasteiger partial charge in [-0.25, -0.2) is 0 Å². The largest absolute Gasteiger partial charge is 0.0622 e. The summed E-state index contributed by atoms with van der Waals surface area (Å²) < 4.78 is 0. The minimum atomic E-state index is 0.720. The fraction of sp³-hybridized carbons (Fsp3) is 1.00. The second kappa shape index (κ2) is 2.75. The number of hydrogen-bond donors (Lipinski definition) is 0. The summed E-state index contributed by atoms with van der Waals surface area (Å²) in [7, 11) is 0. The smallest absolute Gasteiger partial charge is 0.0269 e. The van der Waals surface area contributed by atoms with E-state index >= 15 is 0 Å². The summed E-state index contributed by atoms with van der Waals surface area (Å²) in [5.41, 5.74) is 0.720. The third-order valence-electron chi connectivity index (χ3n) is 4.95. The number of rotatable bonds is 0. The molecule has 0 aromatic heterocycles. The fourth-order valence-corrected chi connectivity index (χ4v) is 3.83. The van der Waals surface area contributed by atoms with Crippen LogP contribution in [0.4, 0.5) is 0 Å². The molecule has 70 valence electrons. The average Bonchev–Trinajstić information content (AvgIpc) is 2.30. The number of fused-ring (bicyclic) bond motifs is 1. The number of hydrogen-bond acceptors (Lipinski definition) is 0. The minimum absolute atomic E-state index is 0.720. The van der Waals surface area contributed by atoms with Crippen LogP contribution < -0.4 is 0 Å². The summed E-state index contributed by atoms with van der Waals surface area (Å²) in [6, 6.07) is 0. The molecule has 0 radical (unpaired) electrons. The Morgan fingerprint density at radius 1 is 1.08 bits per heavy atom. The minimum Gasteiger partial charge on any atom is -0.0622 e. The van der Waals surface area contributed by atoms with Crippen LogP contribution in [-0.4, -0.2) is 0 Å². The van der Waals surface area contributed by atoms with Gasteiger partial charge in [0.15, 0.2) is 0 Å². The Labute approximate surface area is 76.7 Å². The maximum atomic E-state index is 2.55. The summed E-state index contributed by atoms with van der Waals surface area (Å²) in [6.45, 7) is 7.49. The van der Waals surface area contributed by atoms with Gasteiger partial charge in [0.05, 0.1) is 0 Å². The Kier molecular flexibility index (Phi) is 1.97. The molecule has 0 saturated heterocycles. The predicted octanol–water partition coefficient (Wildman–Crippen LogP) is 3.86. The highest BCUT2D eigenvalue weighted by atomic mass is 14.5. The highest BCUT2D eigenvalue weighted by Gasteiger charge is 2.47. The molecule has 12 heavy (non-hydrogen) atoms.